The predicted octanol–water partition coefficient (Wildman–Crippen LogP) is 2.21. The molecule has 1 aromatic rings. The Balaban J connectivity index is 3.26. The van der Waals surface area contributed by atoms with E-state index >= 15 is 0 Å². The van der Waals surface area contributed by atoms with Crippen LogP contribution < -0.4 is 10.5 Å². The van der Waals surface area contributed by atoms with Gasteiger partial charge in [-0.05, 0) is 37.5 Å². The Morgan fingerprint density at radius 1 is 1.35 bits per heavy atom. The number of hydrogen-bond donors (Lipinski definition) is 2. The molecule has 3 N–H and O–H groups in total. The Morgan fingerprint density at radius 2 is 1.90 bits per heavy atom. The average Bonchev–Trinajstić information content (AvgIpc) is 2.36. The van der Waals surface area contributed by atoms with E-state index in [1.165, 1.54) is 19.1 Å². The summed E-state index contributed by atoms with van der Waals surface area (Å²) < 4.78 is 23.0. The minimum absolute atomic E-state index is 0.0406. The summed E-state index contributed by atoms with van der Waals surface area (Å²) in [7, 11) is -3.92. The Hall–Kier alpha value is -1.11. The maximum atomic E-state index is 12.2. The third-order valence-electron chi connectivity index (χ3n) is 3.20. The summed E-state index contributed by atoms with van der Waals surface area (Å²) in [6.45, 7) is 5.47. The zero-order valence-corrected chi connectivity index (χ0v) is 13.3. The maximum Gasteiger partial charge on any atom is 0.251 e. The Labute approximate surface area is 124 Å². The van der Waals surface area contributed by atoms with Crippen molar-refractivity contribution in [1.29, 1.82) is 0 Å². The van der Waals surface area contributed by atoms with Crippen LogP contribution in [0.25, 0.3) is 0 Å². The van der Waals surface area contributed by atoms with Crippen LogP contribution in [0.5, 0.6) is 0 Å². The van der Waals surface area contributed by atoms with Crippen LogP contribution in [0.1, 0.15) is 42.6 Å². The molecule has 20 heavy (non-hydrogen) atoms. The van der Waals surface area contributed by atoms with Crippen molar-refractivity contribution in [2.45, 2.75) is 44.6 Å². The van der Waals surface area contributed by atoms with Gasteiger partial charge >= 0.3 is 0 Å². The van der Waals surface area contributed by atoms with Gasteiger partial charge in [-0.2, -0.15) is 0 Å². The number of primary sulfonamides is 1. The van der Waals surface area contributed by atoms with Crippen LogP contribution in [0.3, 0.4) is 0 Å². The minimum Gasteiger partial charge on any atom is -0.349 e. The Kier molecular flexibility index (Phi) is 5.56. The molecule has 0 aliphatic rings. The zero-order valence-electron chi connectivity index (χ0n) is 11.7. The molecular formula is C13H19ClN2O3S. The normalized spacial score (nSPS) is 11.7. The fraction of sp³-hybridized carbons (Fsp3) is 0.462. The highest BCUT2D eigenvalue weighted by molar-refractivity contribution is 7.89. The molecular weight excluding hydrogens is 300 g/mol. The highest BCUT2D eigenvalue weighted by Gasteiger charge is 2.20. The molecule has 0 heterocycles. The summed E-state index contributed by atoms with van der Waals surface area (Å²) in [5.74, 6) is -0.344. The highest BCUT2D eigenvalue weighted by Crippen LogP contribution is 2.23. The first-order chi connectivity index (χ1) is 9.20. The van der Waals surface area contributed by atoms with E-state index in [1.54, 1.807) is 0 Å². The Morgan fingerprint density at radius 3 is 2.35 bits per heavy atom. The number of benzene rings is 1. The quantitative estimate of drug-likeness (QED) is 0.872. The van der Waals surface area contributed by atoms with E-state index in [-0.39, 0.29) is 27.4 Å². The van der Waals surface area contributed by atoms with Crippen molar-refractivity contribution in [2.24, 2.45) is 5.14 Å². The van der Waals surface area contributed by atoms with Gasteiger partial charge < -0.3 is 5.32 Å². The van der Waals surface area contributed by atoms with Gasteiger partial charge in [-0.3, -0.25) is 4.79 Å². The molecule has 112 valence electrons. The minimum atomic E-state index is -3.92. The molecule has 0 atom stereocenters. The second-order valence-corrected chi connectivity index (χ2v) is 6.57. The SMILES string of the molecule is CCC(CC)NC(=O)c1cc(Cl)cc(S(N)(=O)=O)c1C. The highest BCUT2D eigenvalue weighted by atomic mass is 35.5. The lowest BCUT2D eigenvalue weighted by atomic mass is 10.1. The van der Waals surface area contributed by atoms with Crippen molar-refractivity contribution in [3.8, 4) is 0 Å². The van der Waals surface area contributed by atoms with Gasteiger partial charge in [0.15, 0.2) is 0 Å². The van der Waals surface area contributed by atoms with E-state index in [9.17, 15) is 13.2 Å². The standard InChI is InChI=1S/C13H19ClN2O3S/c1-4-10(5-2)16-13(17)11-6-9(14)7-12(8(11)3)20(15,18)19/h6-7,10H,4-5H2,1-3H3,(H,16,17)(H2,15,18,19). The lowest BCUT2D eigenvalue weighted by Crippen LogP contribution is -2.34. The van der Waals surface area contributed by atoms with E-state index in [0.29, 0.717) is 5.56 Å². The fourth-order valence-electron chi connectivity index (χ4n) is 1.94. The molecule has 0 bridgehead atoms. The lowest BCUT2D eigenvalue weighted by Gasteiger charge is -2.17. The van der Waals surface area contributed by atoms with Gasteiger partial charge in [-0.1, -0.05) is 25.4 Å². The van der Waals surface area contributed by atoms with Gasteiger partial charge in [0, 0.05) is 16.6 Å². The molecule has 0 radical (unpaired) electrons. The smallest absolute Gasteiger partial charge is 0.251 e. The van der Waals surface area contributed by atoms with E-state index < -0.39 is 10.0 Å². The van der Waals surface area contributed by atoms with Crippen molar-refractivity contribution >= 4 is 27.5 Å². The second-order valence-electron chi connectivity index (χ2n) is 4.61. The fourth-order valence-corrected chi connectivity index (χ4v) is 3.05. The van der Waals surface area contributed by atoms with Gasteiger partial charge in [-0.25, -0.2) is 13.6 Å². The molecule has 0 spiro atoms. The van der Waals surface area contributed by atoms with Crippen molar-refractivity contribution in [3.05, 3.63) is 28.3 Å². The van der Waals surface area contributed by atoms with Crippen molar-refractivity contribution in [3.63, 3.8) is 0 Å². The van der Waals surface area contributed by atoms with Gasteiger partial charge in [0.1, 0.15) is 0 Å². The van der Waals surface area contributed by atoms with E-state index in [2.05, 4.69) is 5.32 Å². The van der Waals surface area contributed by atoms with Crippen LogP contribution >= 0.6 is 11.6 Å². The molecule has 1 rings (SSSR count). The molecule has 0 aliphatic carbocycles. The summed E-state index contributed by atoms with van der Waals surface area (Å²) in [6.07, 6.45) is 1.59. The Bertz CT molecular complexity index is 610. The van der Waals surface area contributed by atoms with Gasteiger partial charge in [0.2, 0.25) is 10.0 Å². The van der Waals surface area contributed by atoms with Crippen LogP contribution in [-0.2, 0) is 10.0 Å². The summed E-state index contributed by atoms with van der Waals surface area (Å²) >= 11 is 5.88. The number of halogens is 1. The van der Waals surface area contributed by atoms with Crippen LogP contribution in [0.15, 0.2) is 17.0 Å². The number of nitrogens with one attached hydrogen (secondary N) is 1. The summed E-state index contributed by atoms with van der Waals surface area (Å²) in [5.41, 5.74) is 0.536. The van der Waals surface area contributed by atoms with E-state index in [4.69, 9.17) is 16.7 Å². The molecule has 7 heteroatoms. The first-order valence-electron chi connectivity index (χ1n) is 6.34. The van der Waals surface area contributed by atoms with Crippen LogP contribution in [0.2, 0.25) is 5.02 Å². The molecule has 1 amide bonds. The monoisotopic (exact) mass is 318 g/mol. The summed E-state index contributed by atoms with van der Waals surface area (Å²) in [6, 6.07) is 2.74. The third kappa shape index (κ3) is 3.94. The molecule has 0 fully saturated rings. The number of sulfonamides is 1. The molecule has 1 aromatic carbocycles. The molecule has 0 unspecified atom stereocenters. The van der Waals surface area contributed by atoms with Gasteiger partial charge in [0.05, 0.1) is 4.90 Å². The first-order valence-corrected chi connectivity index (χ1v) is 8.26. The molecule has 0 saturated carbocycles. The summed E-state index contributed by atoms with van der Waals surface area (Å²) in [5, 5.41) is 8.14. The number of carbonyl (C=O) groups is 1. The van der Waals surface area contributed by atoms with Gasteiger partial charge in [-0.15, -0.1) is 0 Å². The van der Waals surface area contributed by atoms with Crippen molar-refractivity contribution in [2.75, 3.05) is 0 Å². The summed E-state index contributed by atoms with van der Waals surface area (Å²) in [4.78, 5) is 12.1. The molecule has 0 aromatic heterocycles. The number of hydrogen-bond acceptors (Lipinski definition) is 3. The largest absolute Gasteiger partial charge is 0.349 e. The van der Waals surface area contributed by atoms with Crippen LogP contribution in [0, 0.1) is 6.92 Å². The predicted molar refractivity (Wildman–Crippen MR) is 79.4 cm³/mol. The topological polar surface area (TPSA) is 89.3 Å². The molecule has 5 nitrogen and oxygen atoms in total. The van der Waals surface area contributed by atoms with Gasteiger partial charge in [0.25, 0.3) is 5.91 Å². The molecule has 0 saturated heterocycles. The maximum absolute atomic E-state index is 12.2. The number of rotatable bonds is 5. The second kappa shape index (κ2) is 6.56. The number of nitrogens with two attached hydrogens (primary N) is 1. The zero-order chi connectivity index (χ0) is 15.5. The van der Waals surface area contributed by atoms with Crippen molar-refractivity contribution in [1.82, 2.24) is 5.32 Å². The number of amides is 1. The first kappa shape index (κ1) is 16.9. The average molecular weight is 319 g/mol. The van der Waals surface area contributed by atoms with E-state index in [1.807, 2.05) is 13.8 Å². The third-order valence-corrected chi connectivity index (χ3v) is 4.45. The molecule has 0 aliphatic heterocycles. The lowest BCUT2D eigenvalue weighted by molar-refractivity contribution is 0.0934. The van der Waals surface area contributed by atoms with Crippen LogP contribution in [0.4, 0.5) is 0 Å². The van der Waals surface area contributed by atoms with E-state index in [0.717, 1.165) is 12.8 Å². The van der Waals surface area contributed by atoms with Crippen LogP contribution in [-0.4, -0.2) is 20.4 Å². The van der Waals surface area contributed by atoms with Crippen molar-refractivity contribution < 1.29 is 13.2 Å². The number of carbonyl (C=O) groups excluding carboxylic acids is 1.